The number of nitrogens with one attached hydrogen (secondary N) is 3. The number of hydrogen-bond donors (Lipinski definition) is 4. The number of likely N-dealkylation sites (tertiary alicyclic amines) is 3. The highest BCUT2D eigenvalue weighted by molar-refractivity contribution is 9.10. The average molecular weight is 1710 g/mol. The first kappa shape index (κ1) is 82.9. The third-order valence-electron chi connectivity index (χ3n) is 21.8. The molecule has 4 N–H and O–H groups in total. The molecule has 0 unspecified atom stereocenters. The molecule has 0 bridgehead atoms. The number of aryl methyl sites for hydroxylation is 3. The van der Waals surface area contributed by atoms with E-state index < -0.39 is 58.4 Å². The molecule has 29 nitrogen and oxygen atoms in total. The number of nitrogens with zero attached hydrogens (tertiary/aromatic N) is 16. The lowest BCUT2D eigenvalue weighted by atomic mass is 10.0. The van der Waals surface area contributed by atoms with Crippen LogP contribution in [0.3, 0.4) is 0 Å². The molecule has 4 aromatic carbocycles. The fourth-order valence-corrected chi connectivity index (χ4v) is 16.5. The van der Waals surface area contributed by atoms with E-state index in [2.05, 4.69) is 82.1 Å². The number of aliphatic hydroxyl groups excluding tert-OH is 1. The Kier molecular flexibility index (Phi) is 24.0. The monoisotopic (exact) mass is 1710 g/mol. The van der Waals surface area contributed by atoms with E-state index in [1.165, 1.54) is 39.9 Å². The molecular formula is C84H84BrCl2F2N19O10. The van der Waals surface area contributed by atoms with Gasteiger partial charge in [-0.15, -0.1) is 23.2 Å². The van der Waals surface area contributed by atoms with Crippen LogP contribution in [0.25, 0.3) is 66.1 Å². The molecule has 0 radical (unpaired) electrons. The number of amides is 6. The SMILES string of the molecule is CC(=O)c1nn(CC(=O)N2C[C@H](F)C[C@H]2C(=O)N[C@H](C)[C@H]2CC2(Cl)Cl)c2ccc(-c3cnc(C)nc3)cc12.CC(=O)c1nn(CC(=O)N2C[C@H](F)C[C@H]2C(=O)Nc2cccc(Br)n2)c2ccc(-c3cnc(C(C)C)nc3)cc12.CC(=O)c1nn(CC(=O)N2[C@@H]3C[C@@H]3C[C@H]2C(=O)Nc2cc(C)ccc2CO)c2ccc(-c3cnc(C)nc3)cc12. The lowest BCUT2D eigenvalue weighted by molar-refractivity contribution is -0.139. The predicted molar refractivity (Wildman–Crippen MR) is 439 cm³/mol. The number of pyridine rings is 1. The highest BCUT2D eigenvalue weighted by atomic mass is 79.9. The maximum absolute atomic E-state index is 14.4. The molecule has 610 valence electrons. The minimum Gasteiger partial charge on any atom is -0.392 e. The smallest absolute Gasteiger partial charge is 0.248 e. The van der Waals surface area contributed by atoms with Gasteiger partial charge in [-0.25, -0.2) is 43.7 Å². The van der Waals surface area contributed by atoms with Crippen LogP contribution < -0.4 is 16.0 Å². The zero-order valence-corrected chi connectivity index (χ0v) is 68.9. The summed E-state index contributed by atoms with van der Waals surface area (Å²) >= 11 is 15.5. The molecule has 11 aromatic rings. The zero-order valence-electron chi connectivity index (χ0n) is 65.8. The largest absolute Gasteiger partial charge is 0.392 e. The minimum absolute atomic E-state index is 0.0281. The highest BCUT2D eigenvalue weighted by Gasteiger charge is 2.57. The van der Waals surface area contributed by atoms with Crippen molar-refractivity contribution in [1.29, 1.82) is 0 Å². The number of hydrogen-bond acceptors (Lipinski definition) is 20. The Labute approximate surface area is 694 Å². The number of benzene rings is 4. The summed E-state index contributed by atoms with van der Waals surface area (Å²) < 4.78 is 32.9. The second-order valence-electron chi connectivity index (χ2n) is 30.8. The van der Waals surface area contributed by atoms with Crippen molar-refractivity contribution in [2.75, 3.05) is 23.7 Å². The van der Waals surface area contributed by atoms with Crippen LogP contribution >= 0.6 is 39.1 Å². The number of fused-ring (bicyclic) bond motifs is 4. The van der Waals surface area contributed by atoms with Crippen molar-refractivity contribution in [2.24, 2.45) is 11.8 Å². The number of Topliss-reactive ketones (excluding diaryl/α,β-unsaturated/α-hetero) is 3. The fraction of sp³-hybridized carbons (Fsp3) is 0.369. The second kappa shape index (κ2) is 34.1. The number of carbonyl (C=O) groups excluding carboxylic acids is 9. The number of anilines is 2. The Morgan fingerprint density at radius 3 is 1.42 bits per heavy atom. The minimum atomic E-state index is -1.34. The molecular weight excluding hydrogens is 1620 g/mol. The molecule has 3 aliphatic heterocycles. The molecule has 34 heteroatoms. The van der Waals surface area contributed by atoms with Gasteiger partial charge in [0.15, 0.2) is 17.3 Å². The second-order valence-corrected chi connectivity index (χ2v) is 33.2. The first-order chi connectivity index (χ1) is 56.3. The first-order valence-corrected chi connectivity index (χ1v) is 40.1. The van der Waals surface area contributed by atoms with Crippen LogP contribution in [0.5, 0.6) is 0 Å². The molecule has 7 aromatic heterocycles. The van der Waals surface area contributed by atoms with Crippen LogP contribution in [0.2, 0.25) is 0 Å². The van der Waals surface area contributed by atoms with Crippen molar-refractivity contribution >= 4 is 136 Å². The fourth-order valence-electron chi connectivity index (χ4n) is 15.4. The van der Waals surface area contributed by atoms with E-state index in [4.69, 9.17) is 23.2 Å². The molecule has 9 atom stereocenters. The van der Waals surface area contributed by atoms with Gasteiger partial charge in [-0.1, -0.05) is 50.2 Å². The number of halogens is 5. The highest BCUT2D eigenvalue weighted by Crippen LogP contribution is 2.55. The van der Waals surface area contributed by atoms with Gasteiger partial charge in [0.2, 0.25) is 35.4 Å². The summed E-state index contributed by atoms with van der Waals surface area (Å²) in [6, 6.07) is 24.1. The number of alkyl halides is 4. The third-order valence-corrected chi connectivity index (χ3v) is 23.1. The van der Waals surface area contributed by atoms with Gasteiger partial charge in [-0.3, -0.25) is 57.2 Å². The van der Waals surface area contributed by atoms with Crippen LogP contribution in [-0.2, 0) is 55.0 Å². The van der Waals surface area contributed by atoms with E-state index in [9.17, 15) is 57.0 Å². The van der Waals surface area contributed by atoms with Crippen molar-refractivity contribution in [1.82, 2.24) is 84.2 Å². The summed E-state index contributed by atoms with van der Waals surface area (Å²) in [6.07, 6.45) is 9.48. The van der Waals surface area contributed by atoms with Gasteiger partial charge in [-0.05, 0) is 146 Å². The lowest BCUT2D eigenvalue weighted by Crippen LogP contribution is -2.49. The third kappa shape index (κ3) is 17.9. The quantitative estimate of drug-likeness (QED) is 0.0295. The zero-order chi connectivity index (χ0) is 84.0. The van der Waals surface area contributed by atoms with Gasteiger partial charge in [0.05, 0.1) is 36.2 Å². The number of ketones is 3. The molecule has 3 saturated heterocycles. The summed E-state index contributed by atoms with van der Waals surface area (Å²) in [7, 11) is 0. The van der Waals surface area contributed by atoms with Crippen LogP contribution in [0.1, 0.15) is 140 Å². The number of carbonyl (C=O) groups is 9. The van der Waals surface area contributed by atoms with Gasteiger partial charge in [0.25, 0.3) is 0 Å². The van der Waals surface area contributed by atoms with Crippen molar-refractivity contribution in [3.63, 3.8) is 0 Å². The maximum Gasteiger partial charge on any atom is 0.248 e. The van der Waals surface area contributed by atoms with Crippen molar-refractivity contribution in [2.45, 2.75) is 173 Å². The summed E-state index contributed by atoms with van der Waals surface area (Å²) in [6.45, 7) is 14.4. The Morgan fingerprint density at radius 2 is 0.983 bits per heavy atom. The Hall–Kier alpha value is -11.6. The molecule has 2 saturated carbocycles. The van der Waals surface area contributed by atoms with Crippen LogP contribution in [-0.4, -0.2) is 197 Å². The van der Waals surface area contributed by atoms with Gasteiger partial charge in [0.1, 0.15) is 99.4 Å². The Morgan fingerprint density at radius 1 is 0.542 bits per heavy atom. The van der Waals surface area contributed by atoms with E-state index in [1.807, 2.05) is 82.3 Å². The molecule has 0 spiro atoms. The van der Waals surface area contributed by atoms with Gasteiger partial charge >= 0.3 is 0 Å². The molecule has 5 aliphatic rings. The summed E-state index contributed by atoms with van der Waals surface area (Å²) in [5.74, 6) is -0.386. The van der Waals surface area contributed by atoms with E-state index >= 15 is 0 Å². The Bertz CT molecular complexity index is 5810. The van der Waals surface area contributed by atoms with Crippen molar-refractivity contribution in [3.05, 3.63) is 178 Å². The van der Waals surface area contributed by atoms with Crippen LogP contribution in [0.4, 0.5) is 20.3 Å². The molecule has 16 rings (SSSR count). The summed E-state index contributed by atoms with van der Waals surface area (Å²) in [4.78, 5) is 151. The molecule has 10 heterocycles. The standard InChI is InChI=1S/C30H30N6O4.C28H27BrFN7O3.C26H27Cl2FN6O3/c1-16-4-5-20(15-37)24(8-16)33-30(40)27-11-21-10-26(21)36(27)28(39)14-35-25-7-6-19(22-12-31-18(3)32-13-22)9-23(25)29(34-35)17(2)38;1-15(2)27-31-11-18(12-32-27)17-7-8-21-20(9-17)26(16(3)38)35-37(21)14-25(39)36-13-19(30)10-22(36)28(40)34-24-6-4-5-23(29)33-24;1-13(20-8-26(20,27)28)32-25(38)22-7-18(29)11-34(22)23(37)12-35-21-5-4-16(17-9-30-15(3)31-10-17)6-19(21)24(33-35)14(2)36/h4-9,12-13,21,26-27,37H,10-11,14-15H2,1-3H3,(H,33,40);4-9,11-12,15,19,22H,10,13-14H2,1-3H3,(H,33,34,40);4-6,9-10,13,18,20,22H,7-8,11-12H2,1-3H3,(H,32,38)/t21-,26-,27+;19-,22+;13-,18-,20-,22+/m111/s1. The van der Waals surface area contributed by atoms with E-state index in [-0.39, 0.29) is 122 Å². The molecule has 118 heavy (non-hydrogen) atoms. The van der Waals surface area contributed by atoms with E-state index in [0.717, 1.165) is 51.2 Å². The van der Waals surface area contributed by atoms with Crippen molar-refractivity contribution < 1.29 is 57.0 Å². The van der Waals surface area contributed by atoms with Crippen LogP contribution in [0.15, 0.2) is 133 Å². The van der Waals surface area contributed by atoms with Gasteiger partial charge in [-0.2, -0.15) is 15.3 Å². The normalized spacial score (nSPS) is 19.7. The Balaban J connectivity index is 0.000000145. The summed E-state index contributed by atoms with van der Waals surface area (Å²) in [5, 5.41) is 33.3. The molecule has 5 fully saturated rings. The lowest BCUT2D eigenvalue weighted by Gasteiger charge is -2.27. The van der Waals surface area contributed by atoms with Gasteiger partial charge in [0, 0.05) is 139 Å². The topological polar surface area (TPSA) is 363 Å². The number of aromatic nitrogens is 13. The molecule has 2 aliphatic carbocycles. The molecule has 6 amide bonds. The summed E-state index contributed by atoms with van der Waals surface area (Å²) in [5.41, 5.74) is 9.46. The van der Waals surface area contributed by atoms with Gasteiger partial charge < -0.3 is 35.8 Å². The maximum atomic E-state index is 14.4. The van der Waals surface area contributed by atoms with Crippen molar-refractivity contribution in [3.8, 4) is 33.4 Å². The number of aliphatic hydroxyl groups is 1. The van der Waals surface area contributed by atoms with Crippen LogP contribution in [0, 0.1) is 32.6 Å². The number of rotatable bonds is 21. The number of piperidine rings is 1. The predicted octanol–water partition coefficient (Wildman–Crippen LogP) is 11.6. The average Bonchev–Trinajstić information content (AvgIpc) is 1.51. The van der Waals surface area contributed by atoms with E-state index in [0.29, 0.717) is 84.8 Å². The first-order valence-electron chi connectivity index (χ1n) is 38.5. The van der Waals surface area contributed by atoms with E-state index in [1.54, 1.807) is 97.0 Å².